The van der Waals surface area contributed by atoms with Crippen LogP contribution in [0.15, 0.2) is 21.1 Å². The molecular weight excluding hydrogens is 315 g/mol. The van der Waals surface area contributed by atoms with E-state index in [0.29, 0.717) is 10.9 Å². The van der Waals surface area contributed by atoms with Crippen molar-refractivity contribution in [3.63, 3.8) is 0 Å². The molecule has 0 amide bonds. The van der Waals surface area contributed by atoms with E-state index in [-0.39, 0.29) is 0 Å². The molecule has 0 aliphatic carbocycles. The molecule has 0 aliphatic heterocycles. The molecule has 1 aromatic carbocycles. The third kappa shape index (κ3) is 2.11. The van der Waals surface area contributed by atoms with Crippen LogP contribution in [0.5, 0.6) is 0 Å². The maximum absolute atomic E-state index is 5.94. The lowest BCUT2D eigenvalue weighted by molar-refractivity contribution is 1.37. The summed E-state index contributed by atoms with van der Waals surface area (Å²) in [6, 6.07) is 3.80. The topological polar surface area (TPSA) is 0 Å². The van der Waals surface area contributed by atoms with Crippen molar-refractivity contribution >= 4 is 55.1 Å². The summed E-state index contributed by atoms with van der Waals surface area (Å²) in [5.41, 5.74) is 0.934. The predicted octanol–water partition coefficient (Wildman–Crippen LogP) is 4.60. The van der Waals surface area contributed by atoms with Gasteiger partial charge in [0.05, 0.1) is 9.50 Å². The lowest BCUT2D eigenvalue weighted by Gasteiger charge is -2.03. The molecule has 0 bridgehead atoms. The first kappa shape index (κ1) is 9.85. The Morgan fingerprint density at radius 3 is 2.45 bits per heavy atom. The number of hydrogen-bond donors (Lipinski definition) is 0. The Hall–Kier alpha value is 0.760. The Bertz CT molecular complexity index is 273. The number of alkyl halides is 1. The van der Waals surface area contributed by atoms with Crippen molar-refractivity contribution in [1.82, 2.24) is 0 Å². The van der Waals surface area contributed by atoms with Gasteiger partial charge in [-0.3, -0.25) is 0 Å². The van der Waals surface area contributed by atoms with Crippen molar-refractivity contribution < 1.29 is 0 Å². The average Bonchev–Trinajstić information content (AvgIpc) is 2.01. The Kier molecular flexibility index (Phi) is 3.69. The van der Waals surface area contributed by atoms with Gasteiger partial charge in [0.2, 0.25) is 0 Å². The maximum atomic E-state index is 5.94. The van der Waals surface area contributed by atoms with E-state index in [1.807, 2.05) is 12.1 Å². The number of rotatable bonds is 1. The summed E-state index contributed by atoms with van der Waals surface area (Å²) < 4.78 is 1.80. The molecule has 0 spiro atoms. The van der Waals surface area contributed by atoms with Crippen LogP contribution in [0.25, 0.3) is 0 Å². The van der Waals surface area contributed by atoms with E-state index in [1.165, 1.54) is 0 Å². The van der Waals surface area contributed by atoms with Crippen LogP contribution >= 0.6 is 55.1 Å². The summed E-state index contributed by atoms with van der Waals surface area (Å²) >= 11 is 18.2. The van der Waals surface area contributed by atoms with Crippen molar-refractivity contribution in [2.24, 2.45) is 0 Å². The molecule has 0 saturated carbocycles. The summed E-state index contributed by atoms with van der Waals surface area (Å²) in [6.07, 6.45) is 0. The van der Waals surface area contributed by atoms with Gasteiger partial charge >= 0.3 is 0 Å². The molecule has 0 aromatic heterocycles. The molecule has 1 rings (SSSR count). The number of benzene rings is 1. The molecule has 0 aliphatic rings. The normalized spacial score (nSPS) is 10.2. The fraction of sp³-hybridized carbons (Fsp3) is 0.143. The molecule has 0 nitrogen and oxygen atoms in total. The van der Waals surface area contributed by atoms with Crippen LogP contribution in [0, 0.1) is 0 Å². The van der Waals surface area contributed by atoms with E-state index >= 15 is 0 Å². The minimum atomic E-state index is 0.435. The van der Waals surface area contributed by atoms with Gasteiger partial charge in [0.25, 0.3) is 0 Å². The van der Waals surface area contributed by atoms with Crippen LogP contribution in [-0.2, 0) is 5.88 Å². The van der Waals surface area contributed by atoms with Crippen molar-refractivity contribution in [2.45, 2.75) is 5.88 Å². The van der Waals surface area contributed by atoms with E-state index in [9.17, 15) is 0 Å². The average molecular weight is 319 g/mol. The largest absolute Gasteiger partial charge is 0.121 e. The Morgan fingerprint density at radius 1 is 1.27 bits per heavy atom. The molecule has 4 heteroatoms. The van der Waals surface area contributed by atoms with Gasteiger partial charge in [-0.25, -0.2) is 0 Å². The first-order chi connectivity index (χ1) is 5.16. The summed E-state index contributed by atoms with van der Waals surface area (Å²) in [5, 5.41) is 0.675. The molecule has 0 heterocycles. The molecule has 0 unspecified atom stereocenters. The lowest BCUT2D eigenvalue weighted by atomic mass is 10.2. The van der Waals surface area contributed by atoms with E-state index < -0.39 is 0 Å². The number of halogens is 4. The summed E-state index contributed by atoms with van der Waals surface area (Å²) in [6.45, 7) is 0. The van der Waals surface area contributed by atoms with Gasteiger partial charge in [0.1, 0.15) is 0 Å². The standard InChI is InChI=1S/C7H4Br2Cl2/c8-5-2-1-4(3-10)7(11)6(5)9/h1-2H,3H2. The smallest absolute Gasteiger partial charge is 0.0603 e. The van der Waals surface area contributed by atoms with Gasteiger partial charge in [-0.05, 0) is 43.5 Å². The fourth-order valence-electron chi connectivity index (χ4n) is 0.669. The first-order valence-electron chi connectivity index (χ1n) is 2.85. The monoisotopic (exact) mass is 316 g/mol. The fourth-order valence-corrected chi connectivity index (χ4v) is 2.02. The molecule has 0 radical (unpaired) electrons. The molecule has 0 fully saturated rings. The van der Waals surface area contributed by atoms with Crippen LogP contribution in [0.2, 0.25) is 5.02 Å². The molecule has 1 aromatic rings. The van der Waals surface area contributed by atoms with Crippen LogP contribution in [-0.4, -0.2) is 0 Å². The van der Waals surface area contributed by atoms with Crippen LogP contribution < -0.4 is 0 Å². The van der Waals surface area contributed by atoms with Gasteiger partial charge in [-0.2, -0.15) is 0 Å². The Labute approximate surface area is 92.1 Å². The summed E-state index contributed by atoms with van der Waals surface area (Å²) in [5.74, 6) is 0.435. The van der Waals surface area contributed by atoms with Gasteiger partial charge in [0.15, 0.2) is 0 Å². The predicted molar refractivity (Wildman–Crippen MR) is 56.4 cm³/mol. The van der Waals surface area contributed by atoms with Gasteiger partial charge in [0, 0.05) is 10.4 Å². The molecule has 0 saturated heterocycles. The zero-order chi connectivity index (χ0) is 8.43. The van der Waals surface area contributed by atoms with Gasteiger partial charge in [-0.1, -0.05) is 17.7 Å². The lowest BCUT2D eigenvalue weighted by Crippen LogP contribution is -1.81. The quantitative estimate of drug-likeness (QED) is 0.524. The van der Waals surface area contributed by atoms with E-state index in [0.717, 1.165) is 14.5 Å². The zero-order valence-electron chi connectivity index (χ0n) is 5.37. The first-order valence-corrected chi connectivity index (χ1v) is 5.35. The second kappa shape index (κ2) is 4.13. The SMILES string of the molecule is ClCc1ccc(Br)c(Br)c1Cl. The maximum Gasteiger partial charge on any atom is 0.0603 e. The third-order valence-electron chi connectivity index (χ3n) is 1.26. The second-order valence-corrected chi connectivity index (χ2v) is 4.26. The summed E-state index contributed by atoms with van der Waals surface area (Å²) in [7, 11) is 0. The highest BCUT2D eigenvalue weighted by atomic mass is 79.9. The minimum Gasteiger partial charge on any atom is -0.121 e. The van der Waals surface area contributed by atoms with Crippen LogP contribution in [0.1, 0.15) is 5.56 Å². The van der Waals surface area contributed by atoms with Gasteiger partial charge in [-0.15, -0.1) is 11.6 Å². The van der Waals surface area contributed by atoms with Gasteiger partial charge < -0.3 is 0 Å². The highest BCUT2D eigenvalue weighted by Crippen LogP contribution is 2.33. The van der Waals surface area contributed by atoms with Crippen molar-refractivity contribution in [2.75, 3.05) is 0 Å². The molecule has 11 heavy (non-hydrogen) atoms. The van der Waals surface area contributed by atoms with Crippen molar-refractivity contribution in [3.05, 3.63) is 31.7 Å². The number of hydrogen-bond acceptors (Lipinski definition) is 0. The molecule has 0 N–H and O–H groups in total. The Morgan fingerprint density at radius 2 is 1.91 bits per heavy atom. The van der Waals surface area contributed by atoms with Crippen molar-refractivity contribution in [1.29, 1.82) is 0 Å². The highest BCUT2D eigenvalue weighted by molar-refractivity contribution is 9.13. The molecular formula is C7H4Br2Cl2. The second-order valence-electron chi connectivity index (χ2n) is 1.97. The van der Waals surface area contributed by atoms with Crippen LogP contribution in [0.4, 0.5) is 0 Å². The van der Waals surface area contributed by atoms with E-state index in [2.05, 4.69) is 31.9 Å². The Balaban J connectivity index is 3.25. The zero-order valence-corrected chi connectivity index (χ0v) is 10.1. The van der Waals surface area contributed by atoms with E-state index in [1.54, 1.807) is 0 Å². The molecule has 60 valence electrons. The third-order valence-corrected chi connectivity index (χ3v) is 4.22. The molecule has 0 atom stereocenters. The minimum absolute atomic E-state index is 0.435. The summed E-state index contributed by atoms with van der Waals surface area (Å²) in [4.78, 5) is 0. The highest BCUT2D eigenvalue weighted by Gasteiger charge is 2.05. The van der Waals surface area contributed by atoms with E-state index in [4.69, 9.17) is 23.2 Å². The van der Waals surface area contributed by atoms with Crippen molar-refractivity contribution in [3.8, 4) is 0 Å². The van der Waals surface area contributed by atoms with Crippen LogP contribution in [0.3, 0.4) is 0 Å².